The van der Waals surface area contributed by atoms with Crippen molar-refractivity contribution in [2.24, 2.45) is 0 Å². The van der Waals surface area contributed by atoms with Gasteiger partial charge in [0.15, 0.2) is 0 Å². The third-order valence-corrected chi connectivity index (χ3v) is 7.28. The van der Waals surface area contributed by atoms with Gasteiger partial charge in [0, 0.05) is 5.56 Å². The van der Waals surface area contributed by atoms with Gasteiger partial charge in [-0.1, -0.05) is 83.9 Å². The molecule has 0 aliphatic heterocycles. The molecule has 0 heterocycles. The van der Waals surface area contributed by atoms with Crippen LogP contribution in [0.15, 0.2) is 102 Å². The van der Waals surface area contributed by atoms with Crippen molar-refractivity contribution in [3.8, 4) is 0 Å². The van der Waals surface area contributed by atoms with Crippen LogP contribution < -0.4 is 10.0 Å². The molecule has 1 atom stereocenters. The zero-order valence-corrected chi connectivity index (χ0v) is 20.8. The molecule has 2 N–H and O–H groups in total. The maximum absolute atomic E-state index is 13.3. The lowest BCUT2D eigenvalue weighted by Gasteiger charge is -2.21. The summed E-state index contributed by atoms with van der Waals surface area (Å²) in [6.45, 7) is 5.72. The van der Waals surface area contributed by atoms with E-state index in [1.165, 1.54) is 0 Å². The molecule has 0 saturated heterocycles. The number of nitrogens with one attached hydrogen (secondary N) is 2. The topological polar surface area (TPSA) is 75.3 Å². The van der Waals surface area contributed by atoms with Gasteiger partial charge in [-0.25, -0.2) is 8.42 Å². The quantitative estimate of drug-likeness (QED) is 0.341. The highest BCUT2D eigenvalue weighted by Crippen LogP contribution is 2.25. The maximum Gasteiger partial charge on any atom is 0.261 e. The van der Waals surface area contributed by atoms with Crippen LogP contribution in [0, 0.1) is 20.8 Å². The number of sulfonamides is 1. The zero-order valence-electron chi connectivity index (χ0n) is 19.9. The molecule has 0 aromatic heterocycles. The molecule has 0 fully saturated rings. The highest BCUT2D eigenvalue weighted by Gasteiger charge is 2.20. The minimum atomic E-state index is -3.79. The van der Waals surface area contributed by atoms with Crippen LogP contribution in [0.25, 0.3) is 0 Å². The maximum atomic E-state index is 13.3. The number of carbonyl (C=O) groups excluding carboxylic acids is 1. The molecule has 0 unspecified atom stereocenters. The summed E-state index contributed by atoms with van der Waals surface area (Å²) in [5.74, 6) is -0.296. The second kappa shape index (κ2) is 10.2. The van der Waals surface area contributed by atoms with Gasteiger partial charge in [-0.15, -0.1) is 0 Å². The molecule has 0 saturated carbocycles. The van der Waals surface area contributed by atoms with Crippen molar-refractivity contribution in [1.82, 2.24) is 5.32 Å². The van der Waals surface area contributed by atoms with Crippen molar-refractivity contribution >= 4 is 21.6 Å². The predicted octanol–water partition coefficient (Wildman–Crippen LogP) is 5.93. The Labute approximate surface area is 206 Å². The van der Waals surface area contributed by atoms with Gasteiger partial charge in [-0.2, -0.15) is 0 Å². The monoisotopic (exact) mass is 484 g/mol. The first-order chi connectivity index (χ1) is 16.7. The van der Waals surface area contributed by atoms with E-state index in [1.807, 2.05) is 68.4 Å². The standard InChI is InChI=1S/C29H28N2O3S/c1-20-9-14-24(15-10-20)28(23-7-5-4-6-8-23)30-29(32)25-16-13-22(3)27(19-25)31-35(33,34)26-17-11-21(2)12-18-26/h4-19,28,31H,1-3H3,(H,30,32)/t28-/m0/s1. The molecule has 1 amide bonds. The Bertz CT molecular complexity index is 1430. The SMILES string of the molecule is Cc1ccc([C@@H](NC(=O)c2ccc(C)c(NS(=O)(=O)c3ccc(C)cc3)c2)c2ccccc2)cc1. The fourth-order valence-electron chi connectivity index (χ4n) is 3.77. The van der Waals surface area contributed by atoms with Gasteiger partial charge in [0.25, 0.3) is 15.9 Å². The van der Waals surface area contributed by atoms with Gasteiger partial charge in [0.1, 0.15) is 0 Å². The van der Waals surface area contributed by atoms with E-state index in [0.717, 1.165) is 27.8 Å². The fraction of sp³-hybridized carbons (Fsp3) is 0.138. The van der Waals surface area contributed by atoms with Crippen LogP contribution >= 0.6 is 0 Å². The molecular formula is C29H28N2O3S. The van der Waals surface area contributed by atoms with E-state index < -0.39 is 10.0 Å². The minimum absolute atomic E-state index is 0.167. The van der Waals surface area contributed by atoms with Crippen LogP contribution in [-0.2, 0) is 10.0 Å². The van der Waals surface area contributed by atoms with Crippen LogP contribution in [0.1, 0.15) is 44.2 Å². The number of rotatable bonds is 7. The number of hydrogen-bond acceptors (Lipinski definition) is 3. The second-order valence-electron chi connectivity index (χ2n) is 8.68. The summed E-state index contributed by atoms with van der Waals surface area (Å²) in [6, 6.07) is 29.1. The third kappa shape index (κ3) is 5.78. The molecule has 0 spiro atoms. The van der Waals surface area contributed by atoms with Gasteiger partial charge < -0.3 is 5.32 Å². The summed E-state index contributed by atoms with van der Waals surface area (Å²) in [7, 11) is -3.79. The van der Waals surface area contributed by atoms with Crippen molar-refractivity contribution in [1.29, 1.82) is 0 Å². The Balaban J connectivity index is 1.62. The predicted molar refractivity (Wildman–Crippen MR) is 140 cm³/mol. The van der Waals surface area contributed by atoms with Crippen molar-refractivity contribution in [3.05, 3.63) is 130 Å². The molecule has 0 bridgehead atoms. The molecule has 4 aromatic carbocycles. The van der Waals surface area contributed by atoms with Crippen LogP contribution in [-0.4, -0.2) is 14.3 Å². The van der Waals surface area contributed by atoms with Gasteiger partial charge in [-0.05, 0) is 61.7 Å². The van der Waals surface area contributed by atoms with Gasteiger partial charge >= 0.3 is 0 Å². The largest absolute Gasteiger partial charge is 0.341 e. The second-order valence-corrected chi connectivity index (χ2v) is 10.4. The lowest BCUT2D eigenvalue weighted by Crippen LogP contribution is -2.29. The zero-order chi connectivity index (χ0) is 25.0. The van der Waals surface area contributed by atoms with E-state index >= 15 is 0 Å². The van der Waals surface area contributed by atoms with Crippen LogP contribution in [0.4, 0.5) is 5.69 Å². The summed E-state index contributed by atoms with van der Waals surface area (Å²) < 4.78 is 28.5. The highest BCUT2D eigenvalue weighted by atomic mass is 32.2. The Hall–Kier alpha value is -3.90. The van der Waals surface area contributed by atoms with E-state index in [-0.39, 0.29) is 16.8 Å². The molecule has 35 heavy (non-hydrogen) atoms. The number of hydrogen-bond donors (Lipinski definition) is 2. The summed E-state index contributed by atoms with van der Waals surface area (Å²) in [5, 5.41) is 3.12. The summed E-state index contributed by atoms with van der Waals surface area (Å²) >= 11 is 0. The Morgan fingerprint density at radius 2 is 1.29 bits per heavy atom. The van der Waals surface area contributed by atoms with Gasteiger partial charge in [0.2, 0.25) is 0 Å². The first-order valence-electron chi connectivity index (χ1n) is 11.4. The average molecular weight is 485 g/mol. The summed E-state index contributed by atoms with van der Waals surface area (Å²) in [6.07, 6.45) is 0. The number of anilines is 1. The molecular weight excluding hydrogens is 456 g/mol. The highest BCUT2D eigenvalue weighted by molar-refractivity contribution is 7.92. The normalized spacial score (nSPS) is 12.1. The van der Waals surface area contributed by atoms with Crippen molar-refractivity contribution in [2.45, 2.75) is 31.7 Å². The number of aryl methyl sites for hydroxylation is 3. The smallest absolute Gasteiger partial charge is 0.261 e. The van der Waals surface area contributed by atoms with Crippen LogP contribution in [0.5, 0.6) is 0 Å². The molecule has 4 aromatic rings. The Morgan fingerprint density at radius 1 is 0.714 bits per heavy atom. The van der Waals surface area contributed by atoms with E-state index in [4.69, 9.17) is 0 Å². The first kappa shape index (κ1) is 24.2. The van der Waals surface area contributed by atoms with Crippen molar-refractivity contribution < 1.29 is 13.2 Å². The Morgan fingerprint density at radius 3 is 1.91 bits per heavy atom. The van der Waals surface area contributed by atoms with E-state index in [1.54, 1.807) is 49.4 Å². The average Bonchev–Trinajstić information content (AvgIpc) is 2.85. The lowest BCUT2D eigenvalue weighted by molar-refractivity contribution is 0.0943. The van der Waals surface area contributed by atoms with Crippen LogP contribution in [0.3, 0.4) is 0 Å². The van der Waals surface area contributed by atoms with E-state index in [0.29, 0.717) is 11.3 Å². The Kier molecular flexibility index (Phi) is 7.03. The number of benzene rings is 4. The van der Waals surface area contributed by atoms with Gasteiger partial charge in [-0.3, -0.25) is 9.52 Å². The van der Waals surface area contributed by atoms with Crippen molar-refractivity contribution in [2.75, 3.05) is 4.72 Å². The summed E-state index contributed by atoms with van der Waals surface area (Å²) in [4.78, 5) is 13.5. The van der Waals surface area contributed by atoms with Gasteiger partial charge in [0.05, 0.1) is 16.6 Å². The fourth-order valence-corrected chi connectivity index (χ4v) is 4.89. The molecule has 0 radical (unpaired) electrons. The first-order valence-corrected chi connectivity index (χ1v) is 12.8. The number of carbonyl (C=O) groups is 1. The lowest BCUT2D eigenvalue weighted by atomic mass is 9.97. The molecule has 178 valence electrons. The molecule has 0 aliphatic rings. The van der Waals surface area contributed by atoms with E-state index in [9.17, 15) is 13.2 Å². The third-order valence-electron chi connectivity index (χ3n) is 5.89. The molecule has 6 heteroatoms. The minimum Gasteiger partial charge on any atom is -0.341 e. The van der Waals surface area contributed by atoms with Crippen LogP contribution in [0.2, 0.25) is 0 Å². The van der Waals surface area contributed by atoms with Crippen molar-refractivity contribution in [3.63, 3.8) is 0 Å². The summed E-state index contributed by atoms with van der Waals surface area (Å²) in [5.41, 5.74) is 5.47. The molecule has 5 nitrogen and oxygen atoms in total. The van der Waals surface area contributed by atoms with E-state index in [2.05, 4.69) is 10.0 Å². The number of amides is 1. The molecule has 0 aliphatic carbocycles. The molecule has 4 rings (SSSR count).